The summed E-state index contributed by atoms with van der Waals surface area (Å²) in [6.07, 6.45) is 2.38. The SMILES string of the molecule is CC1CN(C(=O)CC(N)CC(C)(C)C)CCCO1. The molecule has 2 unspecified atom stereocenters. The highest BCUT2D eigenvalue weighted by Crippen LogP contribution is 2.21. The van der Waals surface area contributed by atoms with E-state index in [9.17, 15) is 4.79 Å². The topological polar surface area (TPSA) is 55.6 Å². The maximum Gasteiger partial charge on any atom is 0.224 e. The van der Waals surface area contributed by atoms with Crippen LogP contribution < -0.4 is 5.73 Å². The lowest BCUT2D eigenvalue weighted by Gasteiger charge is -2.26. The molecule has 0 aromatic rings. The van der Waals surface area contributed by atoms with Gasteiger partial charge in [0.25, 0.3) is 0 Å². The quantitative estimate of drug-likeness (QED) is 0.837. The summed E-state index contributed by atoms with van der Waals surface area (Å²) in [4.78, 5) is 14.1. The van der Waals surface area contributed by atoms with E-state index in [4.69, 9.17) is 10.5 Å². The Morgan fingerprint density at radius 1 is 1.50 bits per heavy atom. The van der Waals surface area contributed by atoms with Gasteiger partial charge in [0.05, 0.1) is 6.10 Å². The summed E-state index contributed by atoms with van der Waals surface area (Å²) in [5, 5.41) is 0. The molecule has 0 saturated carbocycles. The second kappa shape index (κ2) is 6.53. The fourth-order valence-electron chi connectivity index (χ4n) is 2.43. The summed E-state index contributed by atoms with van der Waals surface area (Å²) in [6.45, 7) is 10.7. The van der Waals surface area contributed by atoms with Gasteiger partial charge in [-0.15, -0.1) is 0 Å². The number of ether oxygens (including phenoxy) is 1. The van der Waals surface area contributed by atoms with Crippen LogP contribution in [0.15, 0.2) is 0 Å². The van der Waals surface area contributed by atoms with Crippen molar-refractivity contribution in [1.29, 1.82) is 0 Å². The van der Waals surface area contributed by atoms with Crippen LogP contribution >= 0.6 is 0 Å². The van der Waals surface area contributed by atoms with Crippen molar-refractivity contribution >= 4 is 5.91 Å². The minimum Gasteiger partial charge on any atom is -0.377 e. The number of hydrogen-bond acceptors (Lipinski definition) is 3. The molecule has 1 heterocycles. The van der Waals surface area contributed by atoms with Crippen LogP contribution in [0.3, 0.4) is 0 Å². The van der Waals surface area contributed by atoms with Gasteiger partial charge in [0.1, 0.15) is 0 Å². The van der Waals surface area contributed by atoms with E-state index in [-0.39, 0.29) is 23.5 Å². The highest BCUT2D eigenvalue weighted by Gasteiger charge is 2.23. The zero-order valence-corrected chi connectivity index (χ0v) is 12.2. The van der Waals surface area contributed by atoms with Crippen molar-refractivity contribution < 1.29 is 9.53 Å². The molecule has 2 atom stereocenters. The van der Waals surface area contributed by atoms with E-state index in [0.29, 0.717) is 13.0 Å². The highest BCUT2D eigenvalue weighted by molar-refractivity contribution is 5.76. The van der Waals surface area contributed by atoms with Crippen LogP contribution in [-0.4, -0.2) is 42.6 Å². The lowest BCUT2D eigenvalue weighted by atomic mass is 9.87. The number of nitrogens with two attached hydrogens (primary N) is 1. The molecule has 1 fully saturated rings. The van der Waals surface area contributed by atoms with Crippen LogP contribution in [0.4, 0.5) is 0 Å². The van der Waals surface area contributed by atoms with E-state index in [2.05, 4.69) is 20.8 Å². The predicted molar refractivity (Wildman–Crippen MR) is 73.3 cm³/mol. The Balaban J connectivity index is 2.43. The molecule has 2 N–H and O–H groups in total. The smallest absolute Gasteiger partial charge is 0.224 e. The lowest BCUT2D eigenvalue weighted by molar-refractivity contribution is -0.132. The first-order valence-electron chi connectivity index (χ1n) is 6.93. The third-order valence-corrected chi connectivity index (χ3v) is 3.12. The molecule has 106 valence electrons. The van der Waals surface area contributed by atoms with Gasteiger partial charge in [-0.25, -0.2) is 0 Å². The van der Waals surface area contributed by atoms with E-state index >= 15 is 0 Å². The summed E-state index contributed by atoms with van der Waals surface area (Å²) in [5.41, 5.74) is 6.24. The maximum absolute atomic E-state index is 12.2. The molecule has 1 amide bonds. The van der Waals surface area contributed by atoms with Gasteiger partial charge in [0.2, 0.25) is 5.91 Å². The fraction of sp³-hybridized carbons (Fsp3) is 0.929. The van der Waals surface area contributed by atoms with Crippen LogP contribution in [0.25, 0.3) is 0 Å². The van der Waals surface area contributed by atoms with Crippen molar-refractivity contribution in [2.75, 3.05) is 19.7 Å². The summed E-state index contributed by atoms with van der Waals surface area (Å²) >= 11 is 0. The van der Waals surface area contributed by atoms with E-state index in [0.717, 1.165) is 26.0 Å². The molecule has 0 aliphatic carbocycles. The Morgan fingerprint density at radius 2 is 2.17 bits per heavy atom. The van der Waals surface area contributed by atoms with Gasteiger partial charge in [-0.2, -0.15) is 0 Å². The number of carbonyl (C=O) groups excluding carboxylic acids is 1. The first kappa shape index (κ1) is 15.4. The molecule has 0 radical (unpaired) electrons. The van der Waals surface area contributed by atoms with Crippen molar-refractivity contribution in [3.63, 3.8) is 0 Å². The van der Waals surface area contributed by atoms with Crippen molar-refractivity contribution in [3.8, 4) is 0 Å². The molecule has 1 aliphatic heterocycles. The molecule has 4 heteroatoms. The first-order chi connectivity index (χ1) is 8.28. The molecule has 0 aromatic heterocycles. The summed E-state index contributed by atoms with van der Waals surface area (Å²) < 4.78 is 5.54. The van der Waals surface area contributed by atoms with Crippen LogP contribution in [0, 0.1) is 5.41 Å². The minimum absolute atomic E-state index is 0.0445. The second-order valence-corrected chi connectivity index (χ2v) is 6.60. The van der Waals surface area contributed by atoms with Gasteiger partial charge in [0, 0.05) is 32.2 Å². The molecule has 1 saturated heterocycles. The van der Waals surface area contributed by atoms with E-state index in [1.54, 1.807) is 0 Å². The molecule has 0 bridgehead atoms. The normalized spacial score (nSPS) is 23.6. The number of hydrogen-bond donors (Lipinski definition) is 1. The monoisotopic (exact) mass is 256 g/mol. The van der Waals surface area contributed by atoms with Crippen LogP contribution in [0.2, 0.25) is 0 Å². The van der Waals surface area contributed by atoms with Crippen molar-refractivity contribution in [3.05, 3.63) is 0 Å². The van der Waals surface area contributed by atoms with E-state index < -0.39 is 0 Å². The molecule has 1 aliphatic rings. The molecule has 0 aromatic carbocycles. The van der Waals surface area contributed by atoms with Crippen molar-refractivity contribution in [2.45, 2.75) is 59.1 Å². The van der Waals surface area contributed by atoms with E-state index in [1.165, 1.54) is 0 Å². The Morgan fingerprint density at radius 3 is 2.78 bits per heavy atom. The number of nitrogens with zero attached hydrogens (tertiary/aromatic N) is 1. The molecular formula is C14H28N2O2. The average molecular weight is 256 g/mol. The summed E-state index contributed by atoms with van der Waals surface area (Å²) in [5.74, 6) is 0.170. The van der Waals surface area contributed by atoms with Crippen LogP contribution in [0.1, 0.15) is 47.0 Å². The van der Waals surface area contributed by atoms with Gasteiger partial charge in [-0.05, 0) is 25.2 Å². The van der Waals surface area contributed by atoms with Gasteiger partial charge in [0.15, 0.2) is 0 Å². The molecule has 0 spiro atoms. The van der Waals surface area contributed by atoms with Crippen molar-refractivity contribution in [2.24, 2.45) is 11.1 Å². The largest absolute Gasteiger partial charge is 0.377 e. The lowest BCUT2D eigenvalue weighted by Crippen LogP contribution is -2.40. The average Bonchev–Trinajstić information content (AvgIpc) is 2.39. The van der Waals surface area contributed by atoms with Gasteiger partial charge >= 0.3 is 0 Å². The van der Waals surface area contributed by atoms with Crippen LogP contribution in [0.5, 0.6) is 0 Å². The standard InChI is InChI=1S/C14H28N2O2/c1-11-10-16(6-5-7-18-11)13(17)8-12(15)9-14(2,3)4/h11-12H,5-10,15H2,1-4H3. The number of carbonyl (C=O) groups is 1. The third kappa shape index (κ3) is 5.83. The molecule has 4 nitrogen and oxygen atoms in total. The summed E-state index contributed by atoms with van der Waals surface area (Å²) in [6, 6.07) is -0.0445. The Labute approximate surface area is 111 Å². The zero-order valence-electron chi connectivity index (χ0n) is 12.2. The van der Waals surface area contributed by atoms with Gasteiger partial charge in [-0.3, -0.25) is 4.79 Å². The Bertz CT molecular complexity index is 273. The van der Waals surface area contributed by atoms with Gasteiger partial charge < -0.3 is 15.4 Å². The maximum atomic E-state index is 12.2. The van der Waals surface area contributed by atoms with Gasteiger partial charge in [-0.1, -0.05) is 20.8 Å². The Kier molecular flexibility index (Phi) is 5.60. The number of amides is 1. The fourth-order valence-corrected chi connectivity index (χ4v) is 2.43. The molecule has 1 rings (SSSR count). The van der Waals surface area contributed by atoms with E-state index in [1.807, 2.05) is 11.8 Å². The third-order valence-electron chi connectivity index (χ3n) is 3.12. The highest BCUT2D eigenvalue weighted by atomic mass is 16.5. The van der Waals surface area contributed by atoms with Crippen LogP contribution in [-0.2, 0) is 9.53 Å². The minimum atomic E-state index is -0.0445. The Hall–Kier alpha value is -0.610. The zero-order chi connectivity index (χ0) is 13.8. The predicted octanol–water partition coefficient (Wildman–Crippen LogP) is 1.78. The molecular weight excluding hydrogens is 228 g/mol. The second-order valence-electron chi connectivity index (χ2n) is 6.60. The number of rotatable bonds is 3. The first-order valence-corrected chi connectivity index (χ1v) is 6.93. The van der Waals surface area contributed by atoms with Crippen molar-refractivity contribution in [1.82, 2.24) is 4.90 Å². The molecule has 18 heavy (non-hydrogen) atoms. The summed E-state index contributed by atoms with van der Waals surface area (Å²) in [7, 11) is 0.